The number of morpholine rings is 1. The summed E-state index contributed by atoms with van der Waals surface area (Å²) in [4.78, 5) is 19.5. The van der Waals surface area contributed by atoms with Gasteiger partial charge in [0, 0.05) is 48.0 Å². The Morgan fingerprint density at radius 2 is 2.07 bits per heavy atom. The lowest BCUT2D eigenvalue weighted by atomic mass is 10.1. The van der Waals surface area contributed by atoms with Gasteiger partial charge in [-0.05, 0) is 29.5 Å². The number of benzene rings is 1. The Kier molecular flexibility index (Phi) is 5.87. The molecule has 3 heterocycles. The van der Waals surface area contributed by atoms with E-state index in [1.807, 2.05) is 18.3 Å². The van der Waals surface area contributed by atoms with E-state index in [0.29, 0.717) is 13.0 Å². The number of ether oxygens (including phenoxy) is 1. The van der Waals surface area contributed by atoms with Gasteiger partial charge in [-0.3, -0.25) is 9.69 Å². The Morgan fingerprint density at radius 1 is 1.22 bits per heavy atom. The molecule has 0 saturated carbocycles. The van der Waals surface area contributed by atoms with E-state index in [2.05, 4.69) is 44.8 Å². The van der Waals surface area contributed by atoms with E-state index >= 15 is 0 Å². The number of hydrogen-bond acceptors (Lipinski definition) is 4. The molecule has 1 aromatic carbocycles. The Bertz CT molecular complexity index is 869. The van der Waals surface area contributed by atoms with Crippen molar-refractivity contribution in [1.29, 1.82) is 0 Å². The fourth-order valence-electron chi connectivity index (χ4n) is 3.67. The van der Waals surface area contributed by atoms with Crippen LogP contribution < -0.4 is 5.32 Å². The molecule has 1 aliphatic heterocycles. The third kappa shape index (κ3) is 4.40. The second kappa shape index (κ2) is 8.69. The summed E-state index contributed by atoms with van der Waals surface area (Å²) < 4.78 is 5.48. The fourth-order valence-corrected chi connectivity index (χ4v) is 4.53. The number of nitrogens with one attached hydrogen (secondary N) is 2. The van der Waals surface area contributed by atoms with Crippen LogP contribution in [0, 0.1) is 0 Å². The summed E-state index contributed by atoms with van der Waals surface area (Å²) >= 11 is 1.75. The highest BCUT2D eigenvalue weighted by Crippen LogP contribution is 2.25. The SMILES string of the molecule is O=C(CCc1c[nH]c2ccccc12)NC[C@H](c1cccs1)N1CCOCC1. The summed E-state index contributed by atoms with van der Waals surface area (Å²) in [6.45, 7) is 3.99. The number of aromatic amines is 1. The summed E-state index contributed by atoms with van der Waals surface area (Å²) in [5.41, 5.74) is 2.32. The number of para-hydroxylation sites is 1. The molecular formula is C21H25N3O2S. The van der Waals surface area contributed by atoms with Crippen LogP contribution in [0.1, 0.15) is 22.9 Å². The third-order valence-corrected chi connectivity index (χ3v) is 6.12. The van der Waals surface area contributed by atoms with Gasteiger partial charge < -0.3 is 15.0 Å². The van der Waals surface area contributed by atoms with Gasteiger partial charge in [0.2, 0.25) is 5.91 Å². The van der Waals surface area contributed by atoms with Crippen LogP contribution in [-0.4, -0.2) is 48.6 Å². The average Bonchev–Trinajstić information content (AvgIpc) is 3.38. The van der Waals surface area contributed by atoms with Gasteiger partial charge in [0.15, 0.2) is 0 Å². The average molecular weight is 384 g/mol. The minimum Gasteiger partial charge on any atom is -0.379 e. The Balaban J connectivity index is 1.34. The molecule has 2 aromatic heterocycles. The molecule has 27 heavy (non-hydrogen) atoms. The van der Waals surface area contributed by atoms with Crippen LogP contribution in [0.5, 0.6) is 0 Å². The molecule has 5 nitrogen and oxygen atoms in total. The van der Waals surface area contributed by atoms with Crippen molar-refractivity contribution in [2.24, 2.45) is 0 Å². The van der Waals surface area contributed by atoms with Gasteiger partial charge in [0.05, 0.1) is 19.3 Å². The van der Waals surface area contributed by atoms with Crippen LogP contribution in [0.15, 0.2) is 48.0 Å². The molecule has 1 amide bonds. The number of aromatic nitrogens is 1. The Labute approximate surface area is 163 Å². The van der Waals surface area contributed by atoms with Gasteiger partial charge >= 0.3 is 0 Å². The van der Waals surface area contributed by atoms with Crippen molar-refractivity contribution in [2.75, 3.05) is 32.8 Å². The molecule has 1 aliphatic rings. The summed E-state index contributed by atoms with van der Waals surface area (Å²) in [6.07, 6.45) is 3.26. The smallest absolute Gasteiger partial charge is 0.220 e. The molecule has 6 heteroatoms. The molecule has 1 fully saturated rings. The number of carbonyl (C=O) groups is 1. The predicted molar refractivity (Wildman–Crippen MR) is 109 cm³/mol. The lowest BCUT2D eigenvalue weighted by molar-refractivity contribution is -0.121. The largest absolute Gasteiger partial charge is 0.379 e. The topological polar surface area (TPSA) is 57.4 Å². The number of nitrogens with zero attached hydrogens (tertiary/aromatic N) is 1. The summed E-state index contributed by atoms with van der Waals surface area (Å²) in [5.74, 6) is 0.107. The number of rotatable bonds is 7. The minimum atomic E-state index is 0.107. The number of fused-ring (bicyclic) bond motifs is 1. The van der Waals surface area contributed by atoms with Gasteiger partial charge in [-0.25, -0.2) is 0 Å². The van der Waals surface area contributed by atoms with Gasteiger partial charge in [-0.2, -0.15) is 0 Å². The van der Waals surface area contributed by atoms with Crippen molar-refractivity contribution < 1.29 is 9.53 Å². The van der Waals surface area contributed by atoms with Crippen molar-refractivity contribution >= 4 is 28.1 Å². The van der Waals surface area contributed by atoms with Gasteiger partial charge in [-0.1, -0.05) is 24.3 Å². The molecule has 3 aromatic rings. The molecule has 142 valence electrons. The van der Waals surface area contributed by atoms with E-state index in [-0.39, 0.29) is 11.9 Å². The van der Waals surface area contributed by atoms with E-state index in [1.54, 1.807) is 11.3 Å². The predicted octanol–water partition coefficient (Wildman–Crippen LogP) is 3.35. The first-order valence-corrected chi connectivity index (χ1v) is 10.4. The summed E-state index contributed by atoms with van der Waals surface area (Å²) in [5, 5.41) is 6.46. The molecule has 4 rings (SSSR count). The highest BCUT2D eigenvalue weighted by atomic mass is 32.1. The first-order chi connectivity index (χ1) is 13.3. The zero-order valence-electron chi connectivity index (χ0n) is 15.3. The third-order valence-electron chi connectivity index (χ3n) is 5.15. The van der Waals surface area contributed by atoms with E-state index in [4.69, 9.17) is 4.74 Å². The van der Waals surface area contributed by atoms with E-state index in [9.17, 15) is 4.79 Å². The Hall–Kier alpha value is -2.15. The number of carbonyl (C=O) groups excluding carboxylic acids is 1. The molecule has 0 bridgehead atoms. The van der Waals surface area contributed by atoms with E-state index in [1.165, 1.54) is 15.8 Å². The van der Waals surface area contributed by atoms with Crippen molar-refractivity contribution in [3.63, 3.8) is 0 Å². The maximum atomic E-state index is 12.5. The number of hydrogen-bond donors (Lipinski definition) is 2. The number of H-pyrrole nitrogens is 1. The lowest BCUT2D eigenvalue weighted by Gasteiger charge is -2.34. The monoisotopic (exact) mass is 383 g/mol. The molecular weight excluding hydrogens is 358 g/mol. The van der Waals surface area contributed by atoms with Gasteiger partial charge in [-0.15, -0.1) is 11.3 Å². The number of aryl methyl sites for hydroxylation is 1. The maximum Gasteiger partial charge on any atom is 0.220 e. The second-order valence-corrected chi connectivity index (χ2v) is 7.82. The molecule has 0 aliphatic carbocycles. The lowest BCUT2D eigenvalue weighted by Crippen LogP contribution is -2.43. The van der Waals surface area contributed by atoms with Crippen molar-refractivity contribution in [3.05, 3.63) is 58.4 Å². The standard InChI is InChI=1S/C21H25N3O2S/c25-21(8-7-16-14-22-18-5-2-1-4-17(16)18)23-15-19(20-6-3-13-27-20)24-9-11-26-12-10-24/h1-6,13-14,19,22H,7-12,15H2,(H,23,25)/t19-/m1/s1. The molecule has 0 radical (unpaired) electrons. The van der Waals surface area contributed by atoms with Crippen LogP contribution in [0.25, 0.3) is 10.9 Å². The van der Waals surface area contributed by atoms with Gasteiger partial charge in [0.25, 0.3) is 0 Å². The number of amides is 1. The summed E-state index contributed by atoms with van der Waals surface area (Å²) in [6, 6.07) is 12.7. The van der Waals surface area contributed by atoms with Crippen molar-refractivity contribution in [1.82, 2.24) is 15.2 Å². The molecule has 1 atom stereocenters. The molecule has 0 spiro atoms. The zero-order chi connectivity index (χ0) is 18.5. The van der Waals surface area contributed by atoms with Crippen LogP contribution >= 0.6 is 11.3 Å². The quantitative estimate of drug-likeness (QED) is 0.658. The second-order valence-electron chi connectivity index (χ2n) is 6.84. The van der Waals surface area contributed by atoms with E-state index < -0.39 is 0 Å². The van der Waals surface area contributed by atoms with E-state index in [0.717, 1.165) is 38.2 Å². The van der Waals surface area contributed by atoms with Crippen molar-refractivity contribution in [2.45, 2.75) is 18.9 Å². The Morgan fingerprint density at radius 3 is 2.89 bits per heavy atom. The van der Waals surface area contributed by atoms with Crippen LogP contribution in [-0.2, 0) is 16.0 Å². The first-order valence-electron chi connectivity index (χ1n) is 9.48. The van der Waals surface area contributed by atoms with Crippen molar-refractivity contribution in [3.8, 4) is 0 Å². The normalized spacial score (nSPS) is 16.4. The highest BCUT2D eigenvalue weighted by Gasteiger charge is 2.23. The fraction of sp³-hybridized carbons (Fsp3) is 0.381. The highest BCUT2D eigenvalue weighted by molar-refractivity contribution is 7.10. The minimum absolute atomic E-state index is 0.107. The first kappa shape index (κ1) is 18.2. The van der Waals surface area contributed by atoms with Gasteiger partial charge in [0.1, 0.15) is 0 Å². The summed E-state index contributed by atoms with van der Waals surface area (Å²) in [7, 11) is 0. The molecule has 0 unspecified atom stereocenters. The van der Waals surface area contributed by atoms with Crippen LogP contribution in [0.3, 0.4) is 0 Å². The van der Waals surface area contributed by atoms with Crippen LogP contribution in [0.2, 0.25) is 0 Å². The zero-order valence-corrected chi connectivity index (χ0v) is 16.1. The molecule has 1 saturated heterocycles. The maximum absolute atomic E-state index is 12.5. The van der Waals surface area contributed by atoms with Crippen LogP contribution in [0.4, 0.5) is 0 Å². The molecule has 2 N–H and O–H groups in total. The number of thiophene rings is 1.